The Morgan fingerprint density at radius 1 is 1.15 bits per heavy atom. The van der Waals surface area contributed by atoms with Crippen LogP contribution in [0.3, 0.4) is 0 Å². The van der Waals surface area contributed by atoms with Crippen LogP contribution in [0.2, 0.25) is 0 Å². The first-order valence-electron chi connectivity index (χ1n) is 8.87. The number of benzene rings is 1. The van der Waals surface area contributed by atoms with Gasteiger partial charge in [0.25, 0.3) is 0 Å². The summed E-state index contributed by atoms with van der Waals surface area (Å²) < 4.78 is 0. The number of carbonyl (C=O) groups is 1. The Morgan fingerprint density at radius 3 is 2.54 bits per heavy atom. The molecule has 3 aromatic rings. The Morgan fingerprint density at radius 2 is 1.85 bits per heavy atom. The number of carbonyl (C=O) groups excluding carboxylic acids is 1. The standard InChI is InChI=1S/C22H22N2O2/c1-22(2)13-17(25)18-16(12-14-6-4-3-5-7-14)19(24-20(18)21(22)26)15-8-10-23-11-9-15/h3-11,21,24,26H,12-13H2,1-2H3. The number of Topliss-reactive ketones (excluding diaryl/α,β-unsaturated/α-hetero) is 1. The molecule has 2 N–H and O–H groups in total. The van der Waals surface area contributed by atoms with Crippen molar-refractivity contribution in [3.8, 4) is 11.3 Å². The van der Waals surface area contributed by atoms with Gasteiger partial charge < -0.3 is 10.1 Å². The molecule has 4 nitrogen and oxygen atoms in total. The molecular weight excluding hydrogens is 324 g/mol. The highest BCUT2D eigenvalue weighted by Crippen LogP contribution is 2.46. The third-order valence-electron chi connectivity index (χ3n) is 5.23. The Balaban J connectivity index is 1.92. The molecule has 0 radical (unpaired) electrons. The lowest BCUT2D eigenvalue weighted by atomic mass is 9.73. The molecular formula is C22H22N2O2. The van der Waals surface area contributed by atoms with Crippen molar-refractivity contribution >= 4 is 5.78 Å². The van der Waals surface area contributed by atoms with E-state index in [1.807, 2.05) is 44.2 Å². The molecule has 0 spiro atoms. The zero-order valence-corrected chi connectivity index (χ0v) is 15.0. The first-order valence-corrected chi connectivity index (χ1v) is 8.87. The highest BCUT2D eigenvalue weighted by molar-refractivity contribution is 6.02. The van der Waals surface area contributed by atoms with Crippen molar-refractivity contribution < 1.29 is 9.90 Å². The van der Waals surface area contributed by atoms with Crippen molar-refractivity contribution in [1.29, 1.82) is 0 Å². The maximum Gasteiger partial charge on any atom is 0.165 e. The zero-order chi connectivity index (χ0) is 18.3. The second kappa shape index (κ2) is 6.22. The van der Waals surface area contributed by atoms with E-state index < -0.39 is 11.5 Å². The number of hydrogen-bond donors (Lipinski definition) is 2. The van der Waals surface area contributed by atoms with Crippen molar-refractivity contribution in [3.63, 3.8) is 0 Å². The molecule has 4 rings (SSSR count). The number of ketones is 1. The van der Waals surface area contributed by atoms with Crippen LogP contribution in [0, 0.1) is 5.41 Å². The molecule has 1 aromatic carbocycles. The normalized spacial score (nSPS) is 18.6. The van der Waals surface area contributed by atoms with Gasteiger partial charge >= 0.3 is 0 Å². The van der Waals surface area contributed by atoms with Gasteiger partial charge in [0.05, 0.1) is 17.5 Å². The van der Waals surface area contributed by atoms with Gasteiger partial charge in [0, 0.05) is 41.8 Å². The molecule has 1 atom stereocenters. The second-order valence-electron chi connectivity index (χ2n) is 7.66. The summed E-state index contributed by atoms with van der Waals surface area (Å²) in [5, 5.41) is 10.9. The maximum atomic E-state index is 13.0. The highest BCUT2D eigenvalue weighted by Gasteiger charge is 2.42. The van der Waals surface area contributed by atoms with E-state index in [9.17, 15) is 9.90 Å². The summed E-state index contributed by atoms with van der Waals surface area (Å²) in [7, 11) is 0. The van der Waals surface area contributed by atoms with Crippen LogP contribution in [-0.2, 0) is 6.42 Å². The topological polar surface area (TPSA) is 66.0 Å². The highest BCUT2D eigenvalue weighted by atomic mass is 16.3. The number of nitrogens with one attached hydrogen (secondary N) is 1. The van der Waals surface area contributed by atoms with Crippen LogP contribution in [0.25, 0.3) is 11.3 Å². The summed E-state index contributed by atoms with van der Waals surface area (Å²) in [6.07, 6.45) is 3.77. The van der Waals surface area contributed by atoms with E-state index in [0.717, 1.165) is 22.4 Å². The van der Waals surface area contributed by atoms with Crippen molar-refractivity contribution in [3.05, 3.63) is 77.2 Å². The van der Waals surface area contributed by atoms with Crippen molar-refractivity contribution in [1.82, 2.24) is 9.97 Å². The summed E-state index contributed by atoms with van der Waals surface area (Å²) in [6.45, 7) is 3.87. The van der Waals surface area contributed by atoms with E-state index >= 15 is 0 Å². The van der Waals surface area contributed by atoms with Crippen LogP contribution >= 0.6 is 0 Å². The van der Waals surface area contributed by atoms with Gasteiger partial charge in [-0.05, 0) is 23.3 Å². The van der Waals surface area contributed by atoms with Gasteiger partial charge in [-0.1, -0.05) is 44.2 Å². The molecule has 1 aliphatic rings. The van der Waals surface area contributed by atoms with Gasteiger partial charge in [0.2, 0.25) is 0 Å². The molecule has 0 aliphatic heterocycles. The van der Waals surface area contributed by atoms with E-state index in [1.54, 1.807) is 12.4 Å². The number of hydrogen-bond acceptors (Lipinski definition) is 3. The number of fused-ring (bicyclic) bond motifs is 1. The average Bonchev–Trinajstić information content (AvgIpc) is 3.01. The Hall–Kier alpha value is -2.72. The first kappa shape index (κ1) is 16.7. The van der Waals surface area contributed by atoms with Crippen LogP contribution in [0.5, 0.6) is 0 Å². The summed E-state index contributed by atoms with van der Waals surface area (Å²) in [4.78, 5) is 20.4. The van der Waals surface area contributed by atoms with E-state index in [4.69, 9.17) is 0 Å². The van der Waals surface area contributed by atoms with Crippen LogP contribution in [0.4, 0.5) is 0 Å². The number of nitrogens with zero attached hydrogens (tertiary/aromatic N) is 1. The lowest BCUT2D eigenvalue weighted by molar-refractivity contribution is 0.0294. The lowest BCUT2D eigenvalue weighted by Gasteiger charge is -2.34. The molecule has 1 aliphatic carbocycles. The van der Waals surface area contributed by atoms with Gasteiger partial charge in [0.1, 0.15) is 0 Å². The molecule has 4 heteroatoms. The predicted molar refractivity (Wildman–Crippen MR) is 101 cm³/mol. The quantitative estimate of drug-likeness (QED) is 0.742. The third kappa shape index (κ3) is 2.76. The molecule has 0 saturated heterocycles. The van der Waals surface area contributed by atoms with Gasteiger partial charge in [-0.25, -0.2) is 0 Å². The Kier molecular flexibility index (Phi) is 4.00. The summed E-state index contributed by atoms with van der Waals surface area (Å²) >= 11 is 0. The molecule has 2 heterocycles. The maximum absolute atomic E-state index is 13.0. The molecule has 0 fully saturated rings. The fraction of sp³-hybridized carbons (Fsp3) is 0.273. The van der Waals surface area contributed by atoms with Crippen molar-refractivity contribution in [2.24, 2.45) is 5.41 Å². The summed E-state index contributed by atoms with van der Waals surface area (Å²) in [5.74, 6) is 0.0952. The first-order chi connectivity index (χ1) is 12.5. The van der Waals surface area contributed by atoms with Crippen LogP contribution in [-0.4, -0.2) is 20.9 Å². The summed E-state index contributed by atoms with van der Waals surface area (Å²) in [6, 6.07) is 14.0. The number of aliphatic hydroxyl groups excluding tert-OH is 1. The van der Waals surface area contributed by atoms with Crippen molar-refractivity contribution in [2.45, 2.75) is 32.8 Å². The molecule has 26 heavy (non-hydrogen) atoms. The minimum Gasteiger partial charge on any atom is -0.386 e. The van der Waals surface area contributed by atoms with Crippen molar-refractivity contribution in [2.75, 3.05) is 0 Å². The van der Waals surface area contributed by atoms with Gasteiger partial charge in [0.15, 0.2) is 5.78 Å². The Labute approximate surface area is 152 Å². The fourth-order valence-electron chi connectivity index (χ4n) is 3.82. The minimum atomic E-state index is -0.694. The van der Waals surface area contributed by atoms with E-state index in [2.05, 4.69) is 22.1 Å². The number of aromatic nitrogens is 2. The van der Waals surface area contributed by atoms with Crippen LogP contribution < -0.4 is 0 Å². The average molecular weight is 346 g/mol. The van der Waals surface area contributed by atoms with Gasteiger partial charge in [-0.3, -0.25) is 9.78 Å². The molecule has 2 aromatic heterocycles. The summed E-state index contributed by atoms with van der Waals surface area (Å²) in [5.41, 5.74) is 4.78. The van der Waals surface area contributed by atoms with E-state index in [0.29, 0.717) is 24.1 Å². The number of pyridine rings is 1. The number of H-pyrrole nitrogens is 1. The minimum absolute atomic E-state index is 0.0952. The number of rotatable bonds is 3. The monoisotopic (exact) mass is 346 g/mol. The molecule has 1 unspecified atom stereocenters. The molecule has 0 amide bonds. The van der Waals surface area contributed by atoms with Crippen LogP contribution in [0.15, 0.2) is 54.9 Å². The van der Waals surface area contributed by atoms with Gasteiger partial charge in [-0.2, -0.15) is 0 Å². The fourth-order valence-corrected chi connectivity index (χ4v) is 3.82. The molecule has 0 saturated carbocycles. The smallest absolute Gasteiger partial charge is 0.165 e. The van der Waals surface area contributed by atoms with Crippen LogP contribution in [0.1, 0.15) is 53.6 Å². The Bertz CT molecular complexity index is 943. The van der Waals surface area contributed by atoms with Gasteiger partial charge in [-0.15, -0.1) is 0 Å². The zero-order valence-electron chi connectivity index (χ0n) is 15.0. The predicted octanol–water partition coefficient (Wildman–Crippen LogP) is 4.31. The van der Waals surface area contributed by atoms with E-state index in [-0.39, 0.29) is 5.78 Å². The number of aliphatic hydroxyl groups is 1. The largest absolute Gasteiger partial charge is 0.386 e. The SMILES string of the molecule is CC1(C)CC(=O)c2c([nH]c(-c3ccncc3)c2Cc2ccccc2)C1O. The third-order valence-corrected chi connectivity index (χ3v) is 5.23. The van der Waals surface area contributed by atoms with E-state index in [1.165, 1.54) is 0 Å². The second-order valence-corrected chi connectivity index (χ2v) is 7.66. The molecule has 0 bridgehead atoms. The number of aromatic amines is 1. The lowest BCUT2D eigenvalue weighted by Crippen LogP contribution is -2.32. The molecule has 132 valence electrons.